The van der Waals surface area contributed by atoms with E-state index in [-0.39, 0.29) is 28.6 Å². The van der Waals surface area contributed by atoms with E-state index < -0.39 is 7.92 Å². The fourth-order valence-corrected chi connectivity index (χ4v) is 12.5. The fourth-order valence-electron chi connectivity index (χ4n) is 8.78. The number of phenols is 2. The predicted octanol–water partition coefficient (Wildman–Crippen LogP) is 11.9. The summed E-state index contributed by atoms with van der Waals surface area (Å²) in [5, 5.41) is 27.5. The van der Waals surface area contributed by atoms with Crippen LogP contribution in [0.15, 0.2) is 115 Å². The molecular formula is C49H45O5P. The Bertz CT molecular complexity index is 2420. The second-order valence-electron chi connectivity index (χ2n) is 14.8. The highest BCUT2D eigenvalue weighted by Gasteiger charge is 2.43. The van der Waals surface area contributed by atoms with Gasteiger partial charge in [0.1, 0.15) is 28.8 Å². The Kier molecular flexibility index (Phi) is 9.61. The number of Topliss-reactive ketones (excluding diaryl/α,β-unsaturated/α-hetero) is 1. The Morgan fingerprint density at radius 1 is 0.545 bits per heavy atom. The van der Waals surface area contributed by atoms with E-state index in [1.54, 1.807) is 14.2 Å². The van der Waals surface area contributed by atoms with Crippen molar-refractivity contribution in [1.82, 2.24) is 0 Å². The minimum Gasteiger partial charge on any atom is -0.507 e. The molecule has 7 aromatic rings. The maximum Gasteiger partial charge on any atom is 0.134 e. The van der Waals surface area contributed by atoms with E-state index in [1.165, 1.54) is 0 Å². The molecule has 2 N–H and O–H groups in total. The van der Waals surface area contributed by atoms with Crippen molar-refractivity contribution in [3.63, 3.8) is 0 Å². The van der Waals surface area contributed by atoms with E-state index >= 15 is 0 Å². The summed E-state index contributed by atoms with van der Waals surface area (Å²) in [5.41, 5.74) is 8.98. The number of ketones is 1. The molecule has 1 saturated heterocycles. The number of aryl methyl sites for hydroxylation is 4. The van der Waals surface area contributed by atoms with Crippen molar-refractivity contribution in [3.8, 4) is 45.3 Å². The van der Waals surface area contributed by atoms with Crippen molar-refractivity contribution >= 4 is 40.6 Å². The summed E-state index contributed by atoms with van der Waals surface area (Å²) in [6.45, 7) is 7.74. The molecule has 1 fully saturated rings. The van der Waals surface area contributed by atoms with Crippen LogP contribution in [0.5, 0.6) is 23.0 Å². The molecule has 8 rings (SSSR count). The molecule has 1 aliphatic rings. The van der Waals surface area contributed by atoms with Gasteiger partial charge in [-0.15, -0.1) is 0 Å². The van der Waals surface area contributed by atoms with E-state index in [2.05, 4.69) is 115 Å². The number of benzene rings is 7. The molecule has 55 heavy (non-hydrogen) atoms. The first-order valence-corrected chi connectivity index (χ1v) is 20.2. The molecule has 0 bridgehead atoms. The quantitative estimate of drug-likeness (QED) is 0.159. The SMILES string of the molecule is COc1ccc2ccccc2c1-c1cccc(-c2c(OC)ccc3ccccc23)c1P1C(c2cc(C)c(O)c(C)c2)CC(=O)CC1c1cc(C)c(O)c(C)c1. The number of hydrogen-bond acceptors (Lipinski definition) is 5. The number of methoxy groups -OCH3 is 2. The normalized spacial score (nSPS) is 17.1. The van der Waals surface area contributed by atoms with Crippen LogP contribution in [0.4, 0.5) is 0 Å². The van der Waals surface area contributed by atoms with Gasteiger partial charge in [-0.25, -0.2) is 0 Å². The third-order valence-electron chi connectivity index (χ3n) is 11.4. The Morgan fingerprint density at radius 3 is 1.35 bits per heavy atom. The second kappa shape index (κ2) is 14.5. The first-order valence-electron chi connectivity index (χ1n) is 18.7. The molecule has 2 atom stereocenters. The largest absolute Gasteiger partial charge is 0.507 e. The summed E-state index contributed by atoms with van der Waals surface area (Å²) in [6.07, 6.45) is 0.740. The van der Waals surface area contributed by atoms with Gasteiger partial charge in [0.2, 0.25) is 0 Å². The third kappa shape index (κ3) is 6.31. The van der Waals surface area contributed by atoms with Crippen molar-refractivity contribution in [2.45, 2.75) is 51.9 Å². The molecule has 0 saturated carbocycles. The number of ether oxygens (including phenoxy) is 2. The molecule has 0 aromatic heterocycles. The van der Waals surface area contributed by atoms with Gasteiger partial charge < -0.3 is 19.7 Å². The molecule has 0 spiro atoms. The number of carbonyl (C=O) groups is 1. The number of phenolic OH excluding ortho intramolecular Hbond substituents is 2. The number of aromatic hydroxyl groups is 2. The molecule has 0 radical (unpaired) electrons. The predicted molar refractivity (Wildman–Crippen MR) is 227 cm³/mol. The zero-order valence-electron chi connectivity index (χ0n) is 32.1. The van der Waals surface area contributed by atoms with Gasteiger partial charge in [0.15, 0.2) is 0 Å². The van der Waals surface area contributed by atoms with E-state index in [1.807, 2.05) is 27.7 Å². The monoisotopic (exact) mass is 744 g/mol. The minimum absolute atomic E-state index is 0.185. The molecule has 1 aliphatic heterocycles. The van der Waals surface area contributed by atoms with Crippen LogP contribution < -0.4 is 14.8 Å². The number of rotatable bonds is 7. The Balaban J connectivity index is 1.56. The second-order valence-corrected chi connectivity index (χ2v) is 17.3. The van der Waals surface area contributed by atoms with Gasteiger partial charge in [0, 0.05) is 35.3 Å². The highest BCUT2D eigenvalue weighted by Crippen LogP contribution is 2.69. The summed E-state index contributed by atoms with van der Waals surface area (Å²) < 4.78 is 12.4. The van der Waals surface area contributed by atoms with Crippen LogP contribution in [-0.4, -0.2) is 30.2 Å². The van der Waals surface area contributed by atoms with Gasteiger partial charge >= 0.3 is 0 Å². The van der Waals surface area contributed by atoms with Crippen LogP contribution in [-0.2, 0) is 4.79 Å². The van der Waals surface area contributed by atoms with E-state index in [4.69, 9.17) is 9.47 Å². The van der Waals surface area contributed by atoms with Crippen molar-refractivity contribution < 1.29 is 24.5 Å². The molecule has 5 nitrogen and oxygen atoms in total. The highest BCUT2D eigenvalue weighted by molar-refractivity contribution is 7.67. The summed E-state index contributed by atoms with van der Waals surface area (Å²) in [6, 6.07) is 40.0. The van der Waals surface area contributed by atoms with Gasteiger partial charge in [-0.05, 0) is 111 Å². The van der Waals surface area contributed by atoms with E-state index in [0.717, 1.165) is 94.0 Å². The average molecular weight is 745 g/mol. The van der Waals surface area contributed by atoms with E-state index in [9.17, 15) is 15.0 Å². The molecule has 0 amide bonds. The maximum atomic E-state index is 14.2. The standard InChI is InChI=1S/C49H45O5P/c1-28-22-34(23-29(2)47(28)51)43-26-36(50)27-44(35-24-30(3)48(52)31(4)25-35)55(43)49-39(45-37-14-9-7-12-32(37)18-20-41(45)53-5)16-11-17-40(49)46-38-15-10-8-13-33(38)19-21-42(46)54-6/h7-25,43-44,51-52H,26-27H2,1-6H3. The average Bonchev–Trinajstić information content (AvgIpc) is 3.20. The lowest BCUT2D eigenvalue weighted by Gasteiger charge is -2.41. The van der Waals surface area contributed by atoms with Crippen LogP contribution in [0, 0.1) is 27.7 Å². The van der Waals surface area contributed by atoms with E-state index in [0.29, 0.717) is 12.8 Å². The Morgan fingerprint density at radius 2 is 0.945 bits per heavy atom. The van der Waals surface area contributed by atoms with Gasteiger partial charge in [0.05, 0.1) is 14.2 Å². The molecule has 2 unspecified atom stereocenters. The Hall–Kier alpha value is -5.64. The molecule has 7 aromatic carbocycles. The Labute approximate surface area is 324 Å². The summed E-state index contributed by atoms with van der Waals surface area (Å²) in [7, 11) is 2.18. The minimum atomic E-state index is -1.27. The van der Waals surface area contributed by atoms with Crippen LogP contribution in [0.1, 0.15) is 57.5 Å². The van der Waals surface area contributed by atoms with Crippen molar-refractivity contribution in [2.24, 2.45) is 0 Å². The summed E-state index contributed by atoms with van der Waals surface area (Å²) >= 11 is 0. The zero-order chi connectivity index (χ0) is 38.5. The molecule has 0 aliphatic carbocycles. The van der Waals surface area contributed by atoms with Crippen LogP contribution in [0.3, 0.4) is 0 Å². The topological polar surface area (TPSA) is 76.0 Å². The van der Waals surface area contributed by atoms with Crippen molar-refractivity contribution in [1.29, 1.82) is 0 Å². The molecule has 276 valence electrons. The van der Waals surface area contributed by atoms with Gasteiger partial charge in [-0.1, -0.05) is 111 Å². The first kappa shape index (κ1) is 36.3. The van der Waals surface area contributed by atoms with Crippen molar-refractivity contribution in [2.75, 3.05) is 14.2 Å². The molecule has 1 heterocycles. The van der Waals surface area contributed by atoms with Crippen LogP contribution in [0.2, 0.25) is 0 Å². The van der Waals surface area contributed by atoms with Gasteiger partial charge in [-0.3, -0.25) is 4.79 Å². The van der Waals surface area contributed by atoms with Gasteiger partial charge in [0.25, 0.3) is 0 Å². The lowest BCUT2D eigenvalue weighted by molar-refractivity contribution is -0.119. The number of carbonyl (C=O) groups excluding carboxylic acids is 1. The molecule has 6 heteroatoms. The molecular weight excluding hydrogens is 700 g/mol. The first-order chi connectivity index (χ1) is 26.6. The summed E-state index contributed by atoms with van der Waals surface area (Å²) in [5.74, 6) is 2.29. The smallest absolute Gasteiger partial charge is 0.134 e. The van der Waals surface area contributed by atoms with Crippen LogP contribution >= 0.6 is 7.92 Å². The lowest BCUT2D eigenvalue weighted by Crippen LogP contribution is -2.26. The lowest BCUT2D eigenvalue weighted by atomic mass is 9.91. The number of hydrogen-bond donors (Lipinski definition) is 2. The number of fused-ring (bicyclic) bond motifs is 2. The maximum absolute atomic E-state index is 14.2. The zero-order valence-corrected chi connectivity index (χ0v) is 33.0. The summed E-state index contributed by atoms with van der Waals surface area (Å²) in [4.78, 5) is 14.2. The van der Waals surface area contributed by atoms with Crippen LogP contribution in [0.25, 0.3) is 43.8 Å². The fraction of sp³-hybridized carbons (Fsp3) is 0.204. The van der Waals surface area contributed by atoms with Crippen molar-refractivity contribution in [3.05, 3.63) is 149 Å². The van der Waals surface area contributed by atoms with Gasteiger partial charge in [-0.2, -0.15) is 0 Å². The highest BCUT2D eigenvalue weighted by atomic mass is 31.1. The third-order valence-corrected chi connectivity index (χ3v) is 14.7.